The normalized spacial score (nSPS) is 22.4. The third kappa shape index (κ3) is 4.11. The number of nitrogens with zero attached hydrogens (tertiary/aromatic N) is 3. The van der Waals surface area contributed by atoms with Crippen LogP contribution in [0.15, 0.2) is 48.5 Å². The van der Waals surface area contributed by atoms with Crippen LogP contribution < -0.4 is 4.90 Å². The molecule has 170 valence electrons. The molecule has 0 bridgehead atoms. The van der Waals surface area contributed by atoms with Gasteiger partial charge in [0, 0.05) is 18.8 Å². The number of benzene rings is 2. The topological polar surface area (TPSA) is 26.8 Å². The minimum Gasteiger partial charge on any atom is -0.312 e. The molecule has 0 saturated carbocycles. The van der Waals surface area contributed by atoms with Crippen LogP contribution in [0.4, 0.5) is 5.69 Å². The zero-order chi connectivity index (χ0) is 22.1. The molecule has 3 aliphatic rings. The zero-order valence-electron chi connectivity index (χ0n) is 19.7. The van der Waals surface area contributed by atoms with Crippen LogP contribution in [0.5, 0.6) is 0 Å². The van der Waals surface area contributed by atoms with Gasteiger partial charge in [0.15, 0.2) is 0 Å². The zero-order valence-corrected chi connectivity index (χ0v) is 19.7. The number of hydrogen-bond acceptors (Lipinski definition) is 3. The van der Waals surface area contributed by atoms with Crippen molar-refractivity contribution in [3.05, 3.63) is 65.2 Å². The van der Waals surface area contributed by atoms with E-state index in [1.165, 1.54) is 31.2 Å². The van der Waals surface area contributed by atoms with Crippen molar-refractivity contribution in [1.29, 1.82) is 0 Å². The molecular formula is C28H37N3O. The number of aryl methyl sites for hydroxylation is 1. The van der Waals surface area contributed by atoms with Crippen molar-refractivity contribution in [2.75, 3.05) is 51.7 Å². The summed E-state index contributed by atoms with van der Waals surface area (Å²) in [5, 5.41) is 0. The number of piperidine rings is 1. The minimum atomic E-state index is 0.0779. The number of rotatable bonds is 6. The van der Waals surface area contributed by atoms with Gasteiger partial charge in [0.25, 0.3) is 0 Å². The Morgan fingerprint density at radius 2 is 1.69 bits per heavy atom. The monoisotopic (exact) mass is 431 g/mol. The number of para-hydroxylation sites is 1. The fourth-order valence-corrected chi connectivity index (χ4v) is 6.32. The summed E-state index contributed by atoms with van der Waals surface area (Å²) >= 11 is 0. The Hall–Kier alpha value is -2.17. The van der Waals surface area contributed by atoms with Crippen molar-refractivity contribution in [2.24, 2.45) is 5.92 Å². The van der Waals surface area contributed by atoms with Crippen molar-refractivity contribution in [2.45, 2.75) is 43.9 Å². The van der Waals surface area contributed by atoms with Crippen LogP contribution in [0.1, 0.15) is 42.4 Å². The summed E-state index contributed by atoms with van der Waals surface area (Å²) in [5.41, 5.74) is 6.02. The second kappa shape index (κ2) is 8.99. The van der Waals surface area contributed by atoms with Crippen LogP contribution in [0.2, 0.25) is 0 Å². The van der Waals surface area contributed by atoms with E-state index in [4.69, 9.17) is 0 Å². The first kappa shape index (κ1) is 21.7. The molecule has 2 heterocycles. The summed E-state index contributed by atoms with van der Waals surface area (Å²) < 4.78 is 0. The molecule has 0 aromatic heterocycles. The Balaban J connectivity index is 1.25. The molecule has 1 unspecified atom stereocenters. The first-order valence-electron chi connectivity index (χ1n) is 12.4. The van der Waals surface area contributed by atoms with E-state index >= 15 is 0 Å². The molecule has 1 aliphatic carbocycles. The second-order valence-electron chi connectivity index (χ2n) is 10.4. The first-order valence-corrected chi connectivity index (χ1v) is 12.4. The van der Waals surface area contributed by atoms with Crippen LogP contribution >= 0.6 is 0 Å². The van der Waals surface area contributed by atoms with Gasteiger partial charge in [0.1, 0.15) is 0 Å². The lowest BCUT2D eigenvalue weighted by Gasteiger charge is -2.42. The third-order valence-electron chi connectivity index (χ3n) is 8.10. The van der Waals surface area contributed by atoms with Crippen molar-refractivity contribution in [1.82, 2.24) is 9.80 Å². The summed E-state index contributed by atoms with van der Waals surface area (Å²) in [6.45, 7) is 4.94. The second-order valence-corrected chi connectivity index (χ2v) is 10.4. The molecule has 4 heteroatoms. The first-order chi connectivity index (χ1) is 15.6. The summed E-state index contributed by atoms with van der Waals surface area (Å²) in [5.74, 6) is 0.406. The lowest BCUT2D eigenvalue weighted by Crippen LogP contribution is -2.49. The molecule has 4 nitrogen and oxygen atoms in total. The van der Waals surface area contributed by atoms with Crippen LogP contribution in [0.3, 0.4) is 0 Å². The van der Waals surface area contributed by atoms with Gasteiger partial charge < -0.3 is 14.7 Å². The molecule has 0 radical (unpaired) electrons. The molecule has 2 aromatic rings. The summed E-state index contributed by atoms with van der Waals surface area (Å²) in [6, 6.07) is 17.6. The number of anilines is 1. The number of fused-ring (bicyclic) bond motifs is 3. The molecule has 1 saturated heterocycles. The van der Waals surface area contributed by atoms with E-state index in [0.29, 0.717) is 11.3 Å². The number of amides is 1. The van der Waals surface area contributed by atoms with Gasteiger partial charge in [-0.15, -0.1) is 0 Å². The number of carbonyl (C=O) groups is 1. The molecule has 1 fully saturated rings. The average Bonchev–Trinajstić information content (AvgIpc) is 3.16. The maximum Gasteiger partial charge on any atom is 0.231 e. The highest BCUT2D eigenvalue weighted by Crippen LogP contribution is 2.46. The lowest BCUT2D eigenvalue weighted by molar-refractivity contribution is -0.123. The van der Waals surface area contributed by atoms with Crippen LogP contribution in [-0.2, 0) is 23.1 Å². The Labute approximate surface area is 193 Å². The van der Waals surface area contributed by atoms with E-state index in [0.717, 1.165) is 51.3 Å². The van der Waals surface area contributed by atoms with E-state index in [-0.39, 0.29) is 5.92 Å². The summed E-state index contributed by atoms with van der Waals surface area (Å²) in [6.07, 6.45) is 6.88. The number of hydrogen-bond donors (Lipinski definition) is 0. The van der Waals surface area contributed by atoms with Gasteiger partial charge in [0.05, 0.1) is 5.92 Å². The molecule has 5 rings (SSSR count). The minimum absolute atomic E-state index is 0.0779. The molecule has 0 N–H and O–H groups in total. The Morgan fingerprint density at radius 3 is 2.47 bits per heavy atom. The van der Waals surface area contributed by atoms with Gasteiger partial charge in [-0.1, -0.05) is 42.5 Å². The fourth-order valence-electron chi connectivity index (χ4n) is 6.32. The summed E-state index contributed by atoms with van der Waals surface area (Å²) in [4.78, 5) is 20.4. The predicted octanol–water partition coefficient (Wildman–Crippen LogP) is 4.12. The van der Waals surface area contributed by atoms with E-state index in [2.05, 4.69) is 77.3 Å². The van der Waals surface area contributed by atoms with Crippen LogP contribution in [0.25, 0.3) is 0 Å². The van der Waals surface area contributed by atoms with Gasteiger partial charge in [0.2, 0.25) is 5.91 Å². The van der Waals surface area contributed by atoms with Gasteiger partial charge in [-0.3, -0.25) is 4.79 Å². The Bertz CT molecular complexity index is 961. The number of carbonyl (C=O) groups excluding carboxylic acids is 1. The molecule has 2 aliphatic heterocycles. The highest BCUT2D eigenvalue weighted by Gasteiger charge is 2.42. The maximum atomic E-state index is 13.5. The van der Waals surface area contributed by atoms with Crippen molar-refractivity contribution >= 4 is 11.6 Å². The quantitative estimate of drug-likeness (QED) is 0.688. The standard InChI is InChI=1S/C28H37N3O/c1-29(2)16-7-17-31-26-11-6-4-9-23(26)20-24(27(31)32)21-30-18-14-28(15-19-30)13-12-22-8-3-5-10-25(22)28/h3-6,8-11,24H,7,12-21H2,1-2H3. The predicted molar refractivity (Wildman–Crippen MR) is 131 cm³/mol. The van der Waals surface area contributed by atoms with E-state index in [1.54, 1.807) is 11.1 Å². The van der Waals surface area contributed by atoms with Crippen molar-refractivity contribution < 1.29 is 4.79 Å². The fraction of sp³-hybridized carbons (Fsp3) is 0.536. The SMILES string of the molecule is CN(C)CCCN1C(=O)C(CN2CCC3(CCc4ccccc43)CC2)Cc2ccccc21. The van der Waals surface area contributed by atoms with Crippen LogP contribution in [-0.4, -0.2) is 62.5 Å². The Morgan fingerprint density at radius 1 is 0.969 bits per heavy atom. The smallest absolute Gasteiger partial charge is 0.231 e. The average molecular weight is 432 g/mol. The van der Waals surface area contributed by atoms with E-state index < -0.39 is 0 Å². The van der Waals surface area contributed by atoms with E-state index in [1.807, 2.05) is 0 Å². The molecule has 1 spiro atoms. The third-order valence-corrected chi connectivity index (χ3v) is 8.10. The molecular weight excluding hydrogens is 394 g/mol. The van der Waals surface area contributed by atoms with Gasteiger partial charge in [-0.25, -0.2) is 0 Å². The largest absolute Gasteiger partial charge is 0.312 e. The highest BCUT2D eigenvalue weighted by molar-refractivity contribution is 5.98. The van der Waals surface area contributed by atoms with Gasteiger partial charge >= 0.3 is 0 Å². The molecule has 2 aromatic carbocycles. The molecule has 32 heavy (non-hydrogen) atoms. The maximum absolute atomic E-state index is 13.5. The highest BCUT2D eigenvalue weighted by atomic mass is 16.2. The summed E-state index contributed by atoms with van der Waals surface area (Å²) in [7, 11) is 4.20. The van der Waals surface area contributed by atoms with Gasteiger partial charge in [-0.2, -0.15) is 0 Å². The lowest BCUT2D eigenvalue weighted by atomic mass is 9.73. The Kier molecular flexibility index (Phi) is 6.09. The van der Waals surface area contributed by atoms with Crippen molar-refractivity contribution in [3.63, 3.8) is 0 Å². The van der Waals surface area contributed by atoms with Gasteiger partial charge in [-0.05, 0) is 100 Å². The number of likely N-dealkylation sites (tertiary alicyclic amines) is 1. The molecule has 1 amide bonds. The molecule has 1 atom stereocenters. The van der Waals surface area contributed by atoms with Crippen LogP contribution in [0, 0.1) is 5.92 Å². The van der Waals surface area contributed by atoms with Crippen molar-refractivity contribution in [3.8, 4) is 0 Å². The van der Waals surface area contributed by atoms with E-state index in [9.17, 15) is 4.79 Å².